The molecule has 4 aliphatic rings. The molecule has 2 heterocycles. The number of imide groups is 2. The number of ether oxygens (including phenoxy) is 1. The Bertz CT molecular complexity index is 2790. The van der Waals surface area contributed by atoms with Crippen molar-refractivity contribution in [3.8, 4) is 11.5 Å². The molecule has 6 atom stereocenters. The fraction of sp³-hybridized carbons (Fsp3) is 0.176. The van der Waals surface area contributed by atoms with Crippen LogP contribution in [-0.2, 0) is 31.2 Å². The van der Waals surface area contributed by atoms with Crippen molar-refractivity contribution in [3.63, 3.8) is 0 Å². The summed E-state index contributed by atoms with van der Waals surface area (Å²) in [5.41, 5.74) is 6.10. The molecule has 4 amide bonds. The molecule has 0 radical (unpaired) electrons. The first kappa shape index (κ1) is 39.9. The fourth-order valence-electron chi connectivity index (χ4n) is 10.2. The largest absolute Gasteiger partial charge is 0.508 e. The van der Waals surface area contributed by atoms with Crippen molar-refractivity contribution >= 4 is 58.0 Å². The van der Waals surface area contributed by atoms with Crippen LogP contribution >= 0.6 is 11.6 Å². The molecule has 12 heteroatoms. The number of halogens is 2. The lowest BCUT2D eigenvalue weighted by molar-refractivity contribution is -0.138. The number of nitrogens with one attached hydrogen (secondary N) is 2. The number of hydrogen-bond donors (Lipinski definition) is 3. The van der Waals surface area contributed by atoms with Crippen LogP contribution in [0, 0.1) is 29.5 Å². The highest BCUT2D eigenvalue weighted by Crippen LogP contribution is 2.65. The number of nitrogens with zero attached hydrogens (tertiary/aromatic N) is 2. The number of para-hydroxylation sites is 1. The van der Waals surface area contributed by atoms with Crippen molar-refractivity contribution in [2.45, 2.75) is 30.8 Å². The lowest BCUT2D eigenvalue weighted by atomic mass is 9.49. The Balaban J connectivity index is 1.07. The van der Waals surface area contributed by atoms with Gasteiger partial charge < -0.3 is 15.2 Å². The standard InChI is InChI=1S/C51H40ClFN4O6/c52-32-13-11-31(12-14-32)51-43(48(60)57(50(51)62)55-36-17-15-33(53)16-18-36)28-42-39(46(51)40-24-23-38(27-44(40)58)63-29-30-7-3-1-4-8-30)25-26-41-45(42)49(61)56(47(41)59)37-21-19-35(20-22-37)54-34-9-5-2-6-10-34/h1-25,27,41-43,45-46,54-55,58H,26,28-29H2/t41-,42+,43-,45-,46+,51+/m0/s1. The number of hydrogen-bond acceptors (Lipinski definition) is 8. The molecule has 10 nitrogen and oxygen atoms in total. The van der Waals surface area contributed by atoms with Crippen LogP contribution in [0.3, 0.4) is 0 Å². The predicted octanol–water partition coefficient (Wildman–Crippen LogP) is 9.70. The number of phenols is 1. The van der Waals surface area contributed by atoms with Crippen LogP contribution in [0.5, 0.6) is 11.5 Å². The van der Waals surface area contributed by atoms with Crippen LogP contribution in [-0.4, -0.2) is 33.7 Å². The number of allylic oxidation sites excluding steroid dienone is 2. The zero-order chi connectivity index (χ0) is 43.4. The molecule has 314 valence electrons. The Morgan fingerprint density at radius 2 is 1.40 bits per heavy atom. The first-order valence-electron chi connectivity index (χ1n) is 20.8. The molecule has 3 N–H and O–H groups in total. The van der Waals surface area contributed by atoms with Gasteiger partial charge in [0.1, 0.15) is 23.9 Å². The minimum Gasteiger partial charge on any atom is -0.508 e. The van der Waals surface area contributed by atoms with Gasteiger partial charge in [-0.2, -0.15) is 5.01 Å². The van der Waals surface area contributed by atoms with E-state index in [2.05, 4.69) is 10.7 Å². The van der Waals surface area contributed by atoms with E-state index < -0.39 is 58.5 Å². The van der Waals surface area contributed by atoms with Gasteiger partial charge in [-0.25, -0.2) is 4.39 Å². The number of carbonyl (C=O) groups excluding carboxylic acids is 4. The molecule has 6 aromatic rings. The Morgan fingerprint density at radius 1 is 0.730 bits per heavy atom. The lowest BCUT2D eigenvalue weighted by Gasteiger charge is -2.50. The molecule has 3 fully saturated rings. The van der Waals surface area contributed by atoms with Gasteiger partial charge in [0.2, 0.25) is 11.8 Å². The van der Waals surface area contributed by atoms with Gasteiger partial charge in [0.15, 0.2) is 0 Å². The predicted molar refractivity (Wildman–Crippen MR) is 237 cm³/mol. The second kappa shape index (κ2) is 15.9. The molecule has 0 bridgehead atoms. The Kier molecular flexibility index (Phi) is 10.1. The van der Waals surface area contributed by atoms with E-state index in [4.69, 9.17) is 16.3 Å². The molecule has 1 saturated carbocycles. The third-order valence-corrected chi connectivity index (χ3v) is 13.3. The van der Waals surface area contributed by atoms with E-state index in [0.717, 1.165) is 21.9 Å². The molecule has 0 unspecified atom stereocenters. The van der Waals surface area contributed by atoms with Crippen molar-refractivity contribution < 1.29 is 33.4 Å². The summed E-state index contributed by atoms with van der Waals surface area (Å²) in [6, 6.07) is 43.3. The number of rotatable bonds is 10. The maximum atomic E-state index is 15.5. The number of benzene rings is 6. The quantitative estimate of drug-likeness (QED) is 0.0919. The van der Waals surface area contributed by atoms with Crippen molar-refractivity contribution in [2.24, 2.45) is 23.7 Å². The molecule has 0 spiro atoms. The SMILES string of the molecule is O=C1[C@@H]2C[C@@H]3C(=CC[C@@H]4C(=O)N(c5ccc(Nc6ccccc6)cc5)C(=O)[C@@H]43)[C@H](c3ccc(OCc4ccccc4)cc3O)[C@]2(c2ccc(Cl)cc2)C(=O)N1Nc1ccc(F)cc1. The number of carbonyl (C=O) groups is 4. The van der Waals surface area contributed by atoms with Crippen LogP contribution in [0.2, 0.25) is 5.02 Å². The number of amides is 4. The van der Waals surface area contributed by atoms with E-state index in [1.807, 2.05) is 78.9 Å². The molecule has 10 rings (SSSR count). The summed E-state index contributed by atoms with van der Waals surface area (Å²) in [6.45, 7) is 0.242. The molecule has 2 aliphatic heterocycles. The summed E-state index contributed by atoms with van der Waals surface area (Å²) in [6.07, 6.45) is 2.17. The molecular formula is C51H40ClFN4O6. The first-order chi connectivity index (χ1) is 30.6. The van der Waals surface area contributed by atoms with Crippen LogP contribution in [0.1, 0.15) is 35.4 Å². The van der Waals surface area contributed by atoms with Crippen LogP contribution in [0.15, 0.2) is 163 Å². The smallest absolute Gasteiger partial charge is 0.260 e. The first-order valence-corrected chi connectivity index (χ1v) is 21.2. The maximum absolute atomic E-state index is 15.5. The van der Waals surface area contributed by atoms with Gasteiger partial charge >= 0.3 is 0 Å². The Hall–Kier alpha value is -7.24. The average molecular weight is 859 g/mol. The molecule has 0 aromatic heterocycles. The summed E-state index contributed by atoms with van der Waals surface area (Å²) >= 11 is 6.44. The molecular weight excluding hydrogens is 819 g/mol. The van der Waals surface area contributed by atoms with E-state index in [0.29, 0.717) is 38.8 Å². The van der Waals surface area contributed by atoms with E-state index in [1.165, 1.54) is 35.2 Å². The third-order valence-electron chi connectivity index (χ3n) is 13.0. The van der Waals surface area contributed by atoms with Crippen molar-refractivity contribution in [2.75, 3.05) is 15.6 Å². The maximum Gasteiger partial charge on any atom is 0.260 e. The number of fused-ring (bicyclic) bond motifs is 4. The summed E-state index contributed by atoms with van der Waals surface area (Å²) in [5.74, 6) is -6.52. The normalized spacial score (nSPS) is 23.8. The monoisotopic (exact) mass is 858 g/mol. The minimum atomic E-state index is -1.67. The molecule has 63 heavy (non-hydrogen) atoms. The topological polar surface area (TPSA) is 128 Å². The lowest BCUT2D eigenvalue weighted by Crippen LogP contribution is -2.53. The number of phenolic OH excluding ortho intramolecular Hbond substituents is 1. The summed E-state index contributed by atoms with van der Waals surface area (Å²) in [4.78, 5) is 61.0. The summed E-state index contributed by atoms with van der Waals surface area (Å²) in [5, 5.41) is 16.8. The van der Waals surface area contributed by atoms with Gasteiger partial charge in [0.25, 0.3) is 11.8 Å². The molecule has 2 saturated heterocycles. The van der Waals surface area contributed by atoms with Crippen molar-refractivity contribution in [1.82, 2.24) is 5.01 Å². The van der Waals surface area contributed by atoms with Crippen molar-refractivity contribution in [1.29, 1.82) is 0 Å². The van der Waals surface area contributed by atoms with Crippen LogP contribution < -0.4 is 20.4 Å². The Labute approximate surface area is 367 Å². The van der Waals surface area contributed by atoms with E-state index in [9.17, 15) is 19.1 Å². The second-order valence-electron chi connectivity index (χ2n) is 16.4. The third kappa shape index (κ3) is 6.80. The molecule has 2 aliphatic carbocycles. The number of anilines is 4. The van der Waals surface area contributed by atoms with Crippen LogP contribution in [0.25, 0.3) is 0 Å². The van der Waals surface area contributed by atoms with Crippen molar-refractivity contribution in [3.05, 3.63) is 191 Å². The van der Waals surface area contributed by atoms with Gasteiger partial charge in [-0.15, -0.1) is 0 Å². The van der Waals surface area contributed by atoms with Crippen LogP contribution in [0.4, 0.5) is 27.1 Å². The van der Waals surface area contributed by atoms with Gasteiger partial charge in [-0.3, -0.25) is 29.5 Å². The van der Waals surface area contributed by atoms with E-state index >= 15 is 9.59 Å². The average Bonchev–Trinajstić information content (AvgIpc) is 3.68. The fourth-order valence-corrected chi connectivity index (χ4v) is 10.4. The van der Waals surface area contributed by atoms with Gasteiger partial charge in [0.05, 0.1) is 34.5 Å². The zero-order valence-corrected chi connectivity index (χ0v) is 34.4. The van der Waals surface area contributed by atoms with E-state index in [-0.39, 0.29) is 31.1 Å². The number of hydrazine groups is 1. The van der Waals surface area contributed by atoms with Gasteiger partial charge in [0, 0.05) is 33.9 Å². The Morgan fingerprint density at radius 3 is 2.10 bits per heavy atom. The van der Waals surface area contributed by atoms with Gasteiger partial charge in [-0.1, -0.05) is 90.0 Å². The molecule has 6 aromatic carbocycles. The highest BCUT2D eigenvalue weighted by molar-refractivity contribution is 6.30. The highest BCUT2D eigenvalue weighted by Gasteiger charge is 2.70. The minimum absolute atomic E-state index is 0.0458. The van der Waals surface area contributed by atoms with Gasteiger partial charge in [-0.05, 0) is 109 Å². The second-order valence-corrected chi connectivity index (χ2v) is 16.9. The zero-order valence-electron chi connectivity index (χ0n) is 33.7. The number of aromatic hydroxyl groups is 1. The highest BCUT2D eigenvalue weighted by atomic mass is 35.5. The summed E-state index contributed by atoms with van der Waals surface area (Å²) in [7, 11) is 0. The summed E-state index contributed by atoms with van der Waals surface area (Å²) < 4.78 is 20.1. The van der Waals surface area contributed by atoms with E-state index in [1.54, 1.807) is 48.5 Å².